The number of carboxylic acids is 1. The van der Waals surface area contributed by atoms with Crippen LogP contribution in [0.5, 0.6) is 0 Å². The Morgan fingerprint density at radius 1 is 1.19 bits per heavy atom. The molecule has 110 valence electrons. The van der Waals surface area contributed by atoms with Crippen LogP contribution in [0, 0.1) is 0 Å². The Morgan fingerprint density at radius 2 is 1.95 bits per heavy atom. The van der Waals surface area contributed by atoms with Crippen molar-refractivity contribution in [2.75, 3.05) is 5.32 Å². The quantitative estimate of drug-likeness (QED) is 0.764. The molecule has 1 unspecified atom stereocenters. The van der Waals surface area contributed by atoms with Crippen LogP contribution >= 0.6 is 11.3 Å². The molecule has 0 aliphatic rings. The lowest BCUT2D eigenvalue weighted by Crippen LogP contribution is -2.32. The van der Waals surface area contributed by atoms with E-state index in [1.165, 1.54) is 11.3 Å². The molecule has 3 N–H and O–H groups in total. The van der Waals surface area contributed by atoms with Gasteiger partial charge in [-0.3, -0.25) is 4.79 Å². The van der Waals surface area contributed by atoms with Crippen LogP contribution in [0.3, 0.4) is 0 Å². The lowest BCUT2D eigenvalue weighted by Gasteiger charge is -2.18. The number of aliphatic carboxylic acids is 1. The zero-order valence-corrected chi connectivity index (χ0v) is 12.1. The molecule has 2 aromatic rings. The average molecular weight is 304 g/mol. The predicted octanol–water partition coefficient (Wildman–Crippen LogP) is 3.48. The van der Waals surface area contributed by atoms with Gasteiger partial charge in [-0.25, -0.2) is 4.79 Å². The number of carbonyl (C=O) groups is 2. The summed E-state index contributed by atoms with van der Waals surface area (Å²) in [5.74, 6) is -0.879. The Bertz CT molecular complexity index is 584. The predicted molar refractivity (Wildman–Crippen MR) is 82.5 cm³/mol. The van der Waals surface area contributed by atoms with Gasteiger partial charge in [0.2, 0.25) is 0 Å². The third kappa shape index (κ3) is 4.92. The number of thiophene rings is 1. The minimum absolute atomic E-state index is 0.00169. The van der Waals surface area contributed by atoms with Gasteiger partial charge in [0.05, 0.1) is 11.7 Å². The molecule has 0 aliphatic carbocycles. The van der Waals surface area contributed by atoms with Gasteiger partial charge in [-0.1, -0.05) is 30.3 Å². The summed E-state index contributed by atoms with van der Waals surface area (Å²) in [6.45, 7) is 0. The number of urea groups is 1. The Kier molecular flexibility index (Phi) is 5.34. The molecule has 0 saturated carbocycles. The molecule has 0 bridgehead atoms. The van der Waals surface area contributed by atoms with E-state index in [1.807, 2.05) is 41.1 Å². The zero-order valence-electron chi connectivity index (χ0n) is 11.3. The topological polar surface area (TPSA) is 78.4 Å². The summed E-state index contributed by atoms with van der Waals surface area (Å²) in [5, 5.41) is 18.1. The molecule has 1 aromatic heterocycles. The molecule has 0 radical (unpaired) electrons. The van der Waals surface area contributed by atoms with Crippen molar-refractivity contribution in [3.8, 4) is 0 Å². The number of nitrogens with one attached hydrogen (secondary N) is 2. The average Bonchev–Trinajstić information content (AvgIpc) is 2.97. The molecule has 0 aliphatic heterocycles. The maximum Gasteiger partial charge on any atom is 0.319 e. The maximum atomic E-state index is 12.0. The summed E-state index contributed by atoms with van der Waals surface area (Å²) in [6.07, 6.45) is 0.342. The first-order valence-corrected chi connectivity index (χ1v) is 7.46. The molecule has 1 atom stereocenters. The zero-order chi connectivity index (χ0) is 15.1. The first-order valence-electron chi connectivity index (χ1n) is 6.51. The molecular formula is C15H16N2O3S. The molecule has 6 heteroatoms. The highest BCUT2D eigenvalue weighted by Crippen LogP contribution is 2.19. The minimum Gasteiger partial charge on any atom is -0.481 e. The van der Waals surface area contributed by atoms with E-state index in [-0.39, 0.29) is 18.5 Å². The molecule has 5 nitrogen and oxygen atoms in total. The summed E-state index contributed by atoms with van der Waals surface area (Å²) in [7, 11) is 0. The number of hydrogen-bond acceptors (Lipinski definition) is 3. The molecule has 2 amide bonds. The van der Waals surface area contributed by atoms with E-state index < -0.39 is 5.97 Å². The van der Waals surface area contributed by atoms with Crippen LogP contribution in [0.2, 0.25) is 0 Å². The summed E-state index contributed by atoms with van der Waals surface area (Å²) in [5.41, 5.74) is 1.61. The standard InChI is InChI=1S/C15H16N2O3S/c18-14(19)7-6-13(11-4-2-1-3-5-11)17-15(20)16-12-8-9-21-10-12/h1-5,8-10,13H,6-7H2,(H,18,19)(H2,16,17,20). The number of hydrogen-bond donors (Lipinski definition) is 3. The van der Waals surface area contributed by atoms with Crippen molar-refractivity contribution < 1.29 is 14.7 Å². The second-order valence-electron chi connectivity index (χ2n) is 4.51. The van der Waals surface area contributed by atoms with Crippen molar-refractivity contribution in [3.05, 3.63) is 52.7 Å². The summed E-state index contributed by atoms with van der Waals surface area (Å²) in [4.78, 5) is 22.7. The molecule has 0 saturated heterocycles. The van der Waals surface area contributed by atoms with Gasteiger partial charge in [-0.05, 0) is 23.4 Å². The summed E-state index contributed by atoms with van der Waals surface area (Å²) in [6, 6.07) is 10.5. The third-order valence-corrected chi connectivity index (χ3v) is 3.62. The largest absolute Gasteiger partial charge is 0.481 e. The molecule has 1 aromatic carbocycles. The van der Waals surface area contributed by atoms with Crippen LogP contribution in [0.1, 0.15) is 24.4 Å². The molecule has 2 rings (SSSR count). The molecule has 1 heterocycles. The molecule has 21 heavy (non-hydrogen) atoms. The van der Waals surface area contributed by atoms with Crippen molar-refractivity contribution in [3.63, 3.8) is 0 Å². The lowest BCUT2D eigenvalue weighted by atomic mass is 10.0. The SMILES string of the molecule is O=C(O)CCC(NC(=O)Nc1ccsc1)c1ccccc1. The van der Waals surface area contributed by atoms with Crippen molar-refractivity contribution in [1.82, 2.24) is 5.32 Å². The fraction of sp³-hybridized carbons (Fsp3) is 0.200. The highest BCUT2D eigenvalue weighted by atomic mass is 32.1. The highest BCUT2D eigenvalue weighted by molar-refractivity contribution is 7.08. The van der Waals surface area contributed by atoms with Gasteiger partial charge in [0.25, 0.3) is 0 Å². The monoisotopic (exact) mass is 304 g/mol. The fourth-order valence-electron chi connectivity index (χ4n) is 1.94. The van der Waals surface area contributed by atoms with Gasteiger partial charge in [0.1, 0.15) is 0 Å². The minimum atomic E-state index is -0.879. The number of carboxylic acid groups (broad SMARTS) is 1. The van der Waals surface area contributed by atoms with E-state index in [0.717, 1.165) is 11.3 Å². The van der Waals surface area contributed by atoms with E-state index >= 15 is 0 Å². The number of rotatable bonds is 6. The number of amides is 2. The Labute approximate surface area is 126 Å². The van der Waals surface area contributed by atoms with Crippen LogP contribution in [-0.4, -0.2) is 17.1 Å². The third-order valence-electron chi connectivity index (χ3n) is 2.93. The van der Waals surface area contributed by atoms with Crippen molar-refractivity contribution in [2.24, 2.45) is 0 Å². The summed E-state index contributed by atoms with van der Waals surface area (Å²) < 4.78 is 0. The van der Waals surface area contributed by atoms with Crippen LogP contribution in [-0.2, 0) is 4.79 Å². The lowest BCUT2D eigenvalue weighted by molar-refractivity contribution is -0.137. The number of carbonyl (C=O) groups excluding carboxylic acids is 1. The normalized spacial score (nSPS) is 11.6. The summed E-state index contributed by atoms with van der Waals surface area (Å²) >= 11 is 1.49. The second kappa shape index (κ2) is 7.44. The van der Waals surface area contributed by atoms with Gasteiger partial charge in [0.15, 0.2) is 0 Å². The Morgan fingerprint density at radius 3 is 2.57 bits per heavy atom. The smallest absolute Gasteiger partial charge is 0.319 e. The fourth-order valence-corrected chi connectivity index (χ4v) is 2.52. The van der Waals surface area contributed by atoms with Crippen LogP contribution in [0.15, 0.2) is 47.2 Å². The van der Waals surface area contributed by atoms with E-state index in [4.69, 9.17) is 5.11 Å². The van der Waals surface area contributed by atoms with E-state index in [9.17, 15) is 9.59 Å². The first kappa shape index (κ1) is 15.1. The second-order valence-corrected chi connectivity index (χ2v) is 5.29. The number of benzene rings is 1. The van der Waals surface area contributed by atoms with Crippen LogP contribution < -0.4 is 10.6 Å². The van der Waals surface area contributed by atoms with Gasteiger partial charge in [0, 0.05) is 11.8 Å². The van der Waals surface area contributed by atoms with Crippen LogP contribution in [0.25, 0.3) is 0 Å². The van der Waals surface area contributed by atoms with Gasteiger partial charge >= 0.3 is 12.0 Å². The van der Waals surface area contributed by atoms with Crippen molar-refractivity contribution in [1.29, 1.82) is 0 Å². The van der Waals surface area contributed by atoms with Gasteiger partial charge in [-0.2, -0.15) is 11.3 Å². The molecule has 0 spiro atoms. The number of anilines is 1. The van der Waals surface area contributed by atoms with Crippen LogP contribution in [0.4, 0.5) is 10.5 Å². The maximum absolute atomic E-state index is 12.0. The van der Waals surface area contributed by atoms with E-state index in [0.29, 0.717) is 6.42 Å². The Balaban J connectivity index is 2.01. The van der Waals surface area contributed by atoms with Gasteiger partial charge in [-0.15, -0.1) is 0 Å². The van der Waals surface area contributed by atoms with Gasteiger partial charge < -0.3 is 15.7 Å². The highest BCUT2D eigenvalue weighted by Gasteiger charge is 2.16. The molecule has 0 fully saturated rings. The Hall–Kier alpha value is -2.34. The van der Waals surface area contributed by atoms with Crippen molar-refractivity contribution >= 4 is 29.0 Å². The molecular weight excluding hydrogens is 288 g/mol. The van der Waals surface area contributed by atoms with Crippen molar-refractivity contribution in [2.45, 2.75) is 18.9 Å². The first-order chi connectivity index (χ1) is 10.1. The van der Waals surface area contributed by atoms with E-state index in [2.05, 4.69) is 10.6 Å². The van der Waals surface area contributed by atoms with E-state index in [1.54, 1.807) is 6.07 Å².